The van der Waals surface area contributed by atoms with Gasteiger partial charge in [-0.05, 0) is 42.5 Å². The van der Waals surface area contributed by atoms with E-state index in [2.05, 4.69) is 37.3 Å². The Morgan fingerprint density at radius 1 is 0.955 bits per heavy atom. The SMILES string of the molecule is CCCC(C#N)CCCOc1ccc(-c2ccccc2)cc1. The molecule has 0 spiro atoms. The van der Waals surface area contributed by atoms with E-state index in [1.165, 1.54) is 11.1 Å². The predicted octanol–water partition coefficient (Wildman–Crippen LogP) is 5.45. The summed E-state index contributed by atoms with van der Waals surface area (Å²) in [5.41, 5.74) is 2.41. The Balaban J connectivity index is 1.79. The molecule has 0 saturated carbocycles. The molecular formula is C20H23NO. The second-order valence-corrected chi connectivity index (χ2v) is 5.50. The minimum Gasteiger partial charge on any atom is -0.494 e. The molecular weight excluding hydrogens is 270 g/mol. The second kappa shape index (κ2) is 8.89. The van der Waals surface area contributed by atoms with Crippen molar-refractivity contribution >= 4 is 0 Å². The van der Waals surface area contributed by atoms with Crippen LogP contribution in [0, 0.1) is 17.2 Å². The van der Waals surface area contributed by atoms with Gasteiger partial charge in [-0.1, -0.05) is 55.8 Å². The number of nitrogens with zero attached hydrogens (tertiary/aromatic N) is 1. The molecule has 1 atom stereocenters. The monoisotopic (exact) mass is 293 g/mol. The Bertz CT molecular complexity index is 583. The summed E-state index contributed by atoms with van der Waals surface area (Å²) in [6.45, 7) is 2.79. The third-order valence-electron chi connectivity index (χ3n) is 3.75. The van der Waals surface area contributed by atoms with Gasteiger partial charge < -0.3 is 4.74 Å². The highest BCUT2D eigenvalue weighted by molar-refractivity contribution is 5.63. The van der Waals surface area contributed by atoms with Crippen molar-refractivity contribution in [2.45, 2.75) is 32.6 Å². The molecule has 2 heteroatoms. The molecule has 2 aromatic carbocycles. The molecule has 0 radical (unpaired) electrons. The zero-order valence-electron chi connectivity index (χ0n) is 13.2. The molecule has 0 aromatic heterocycles. The van der Waals surface area contributed by atoms with Crippen LogP contribution in [0.1, 0.15) is 32.6 Å². The highest BCUT2D eigenvalue weighted by atomic mass is 16.5. The van der Waals surface area contributed by atoms with Crippen LogP contribution in [0.3, 0.4) is 0 Å². The molecule has 0 bridgehead atoms. The van der Waals surface area contributed by atoms with Crippen molar-refractivity contribution in [3.63, 3.8) is 0 Å². The first kappa shape index (κ1) is 16.1. The zero-order valence-corrected chi connectivity index (χ0v) is 13.2. The van der Waals surface area contributed by atoms with E-state index in [1.807, 2.05) is 30.3 Å². The molecule has 0 fully saturated rings. The number of hydrogen-bond donors (Lipinski definition) is 0. The topological polar surface area (TPSA) is 33.0 Å². The lowest BCUT2D eigenvalue weighted by Crippen LogP contribution is -2.02. The van der Waals surface area contributed by atoms with E-state index >= 15 is 0 Å². The van der Waals surface area contributed by atoms with Gasteiger partial charge in [-0.2, -0.15) is 5.26 Å². The number of ether oxygens (including phenoxy) is 1. The predicted molar refractivity (Wildman–Crippen MR) is 90.6 cm³/mol. The van der Waals surface area contributed by atoms with Crippen molar-refractivity contribution in [1.82, 2.24) is 0 Å². The van der Waals surface area contributed by atoms with Gasteiger partial charge in [0.25, 0.3) is 0 Å². The Labute approximate surface area is 133 Å². The molecule has 2 nitrogen and oxygen atoms in total. The van der Waals surface area contributed by atoms with Crippen LogP contribution in [-0.2, 0) is 0 Å². The van der Waals surface area contributed by atoms with Crippen molar-refractivity contribution in [3.05, 3.63) is 54.6 Å². The molecule has 2 rings (SSSR count). The fourth-order valence-electron chi connectivity index (χ4n) is 2.52. The average Bonchev–Trinajstić information content (AvgIpc) is 2.59. The van der Waals surface area contributed by atoms with E-state index in [9.17, 15) is 0 Å². The van der Waals surface area contributed by atoms with Crippen LogP contribution in [0.25, 0.3) is 11.1 Å². The van der Waals surface area contributed by atoms with Crippen LogP contribution >= 0.6 is 0 Å². The Morgan fingerprint density at radius 3 is 2.27 bits per heavy atom. The minimum absolute atomic E-state index is 0.175. The van der Waals surface area contributed by atoms with E-state index in [0.29, 0.717) is 6.61 Å². The van der Waals surface area contributed by atoms with Crippen LogP contribution in [0.15, 0.2) is 54.6 Å². The molecule has 0 N–H and O–H groups in total. The molecule has 1 unspecified atom stereocenters. The van der Waals surface area contributed by atoms with Crippen molar-refractivity contribution in [1.29, 1.82) is 5.26 Å². The molecule has 22 heavy (non-hydrogen) atoms. The van der Waals surface area contributed by atoms with Gasteiger partial charge in [-0.15, -0.1) is 0 Å². The number of nitriles is 1. The van der Waals surface area contributed by atoms with E-state index in [4.69, 9.17) is 10.00 Å². The smallest absolute Gasteiger partial charge is 0.119 e. The highest BCUT2D eigenvalue weighted by Gasteiger charge is 2.05. The standard InChI is InChI=1S/C20H23NO/c1-2-7-17(16-21)8-6-15-22-20-13-11-19(12-14-20)18-9-4-3-5-10-18/h3-5,9-14,17H,2,6-8,15H2,1H3. The number of benzene rings is 2. The van der Waals surface area contributed by atoms with Gasteiger partial charge in [0.05, 0.1) is 12.7 Å². The largest absolute Gasteiger partial charge is 0.494 e. The van der Waals surface area contributed by atoms with Crippen LogP contribution < -0.4 is 4.74 Å². The van der Waals surface area contributed by atoms with Gasteiger partial charge >= 0.3 is 0 Å². The Morgan fingerprint density at radius 2 is 1.64 bits per heavy atom. The number of hydrogen-bond acceptors (Lipinski definition) is 2. The quantitative estimate of drug-likeness (QED) is 0.606. The highest BCUT2D eigenvalue weighted by Crippen LogP contribution is 2.22. The summed E-state index contributed by atoms with van der Waals surface area (Å²) in [5.74, 6) is 1.07. The summed E-state index contributed by atoms with van der Waals surface area (Å²) in [4.78, 5) is 0. The lowest BCUT2D eigenvalue weighted by molar-refractivity contribution is 0.298. The van der Waals surface area contributed by atoms with Gasteiger partial charge in [0.1, 0.15) is 5.75 Å². The maximum absolute atomic E-state index is 9.02. The summed E-state index contributed by atoms with van der Waals surface area (Å²) < 4.78 is 5.76. The second-order valence-electron chi connectivity index (χ2n) is 5.50. The molecule has 0 saturated heterocycles. The van der Waals surface area contributed by atoms with Crippen LogP contribution in [0.5, 0.6) is 5.75 Å². The van der Waals surface area contributed by atoms with E-state index in [1.54, 1.807) is 0 Å². The van der Waals surface area contributed by atoms with Gasteiger partial charge in [-0.3, -0.25) is 0 Å². The molecule has 0 aliphatic carbocycles. The normalized spacial score (nSPS) is 11.6. The average molecular weight is 293 g/mol. The number of rotatable bonds is 8. The summed E-state index contributed by atoms with van der Waals surface area (Å²) in [7, 11) is 0. The molecule has 0 aliphatic rings. The maximum atomic E-state index is 9.02. The van der Waals surface area contributed by atoms with Gasteiger partial charge in [0.15, 0.2) is 0 Å². The van der Waals surface area contributed by atoms with E-state index < -0.39 is 0 Å². The van der Waals surface area contributed by atoms with Crippen molar-refractivity contribution in [2.75, 3.05) is 6.61 Å². The van der Waals surface area contributed by atoms with Crippen molar-refractivity contribution < 1.29 is 4.74 Å². The molecule has 114 valence electrons. The maximum Gasteiger partial charge on any atom is 0.119 e. The zero-order chi connectivity index (χ0) is 15.6. The Kier molecular flexibility index (Phi) is 6.51. The van der Waals surface area contributed by atoms with E-state index in [0.717, 1.165) is 31.4 Å². The first-order valence-corrected chi connectivity index (χ1v) is 8.01. The van der Waals surface area contributed by atoms with Gasteiger partial charge in [0.2, 0.25) is 0 Å². The molecule has 0 amide bonds. The van der Waals surface area contributed by atoms with Crippen molar-refractivity contribution in [3.8, 4) is 22.9 Å². The first-order chi connectivity index (χ1) is 10.8. The van der Waals surface area contributed by atoms with Crippen LogP contribution in [0.4, 0.5) is 0 Å². The summed E-state index contributed by atoms with van der Waals surface area (Å²) in [5, 5.41) is 9.02. The minimum atomic E-state index is 0.175. The van der Waals surface area contributed by atoms with Gasteiger partial charge in [0, 0.05) is 5.92 Å². The Hall–Kier alpha value is -2.27. The van der Waals surface area contributed by atoms with Crippen molar-refractivity contribution in [2.24, 2.45) is 5.92 Å². The summed E-state index contributed by atoms with van der Waals surface area (Å²) in [6.07, 6.45) is 3.91. The molecule has 2 aromatic rings. The third kappa shape index (κ3) is 4.93. The first-order valence-electron chi connectivity index (χ1n) is 8.01. The molecule has 0 heterocycles. The lowest BCUT2D eigenvalue weighted by Gasteiger charge is -2.09. The lowest BCUT2D eigenvalue weighted by atomic mass is 10.0. The molecule has 0 aliphatic heterocycles. The van der Waals surface area contributed by atoms with Crippen LogP contribution in [0.2, 0.25) is 0 Å². The third-order valence-corrected chi connectivity index (χ3v) is 3.75. The summed E-state index contributed by atoms with van der Waals surface area (Å²) >= 11 is 0. The fraction of sp³-hybridized carbons (Fsp3) is 0.350. The van der Waals surface area contributed by atoms with Crippen LogP contribution in [-0.4, -0.2) is 6.61 Å². The summed E-state index contributed by atoms with van der Waals surface area (Å²) in [6, 6.07) is 20.9. The van der Waals surface area contributed by atoms with E-state index in [-0.39, 0.29) is 5.92 Å². The fourth-order valence-corrected chi connectivity index (χ4v) is 2.52. The van der Waals surface area contributed by atoms with Gasteiger partial charge in [-0.25, -0.2) is 0 Å².